The molecule has 6 heteroatoms. The van der Waals surface area contributed by atoms with Crippen LogP contribution in [0.1, 0.15) is 43.0 Å². The van der Waals surface area contributed by atoms with Crippen molar-refractivity contribution in [1.29, 1.82) is 0 Å². The van der Waals surface area contributed by atoms with Crippen molar-refractivity contribution in [2.75, 3.05) is 5.75 Å². The second kappa shape index (κ2) is 8.34. The Hall–Kier alpha value is -1.36. The van der Waals surface area contributed by atoms with Gasteiger partial charge in [0, 0.05) is 27.8 Å². The smallest absolute Gasteiger partial charge is 0.230 e. The molecule has 3 nitrogen and oxygen atoms in total. The highest BCUT2D eigenvalue weighted by atomic mass is 35.5. The van der Waals surface area contributed by atoms with Crippen LogP contribution in [0.5, 0.6) is 5.75 Å². The van der Waals surface area contributed by atoms with Crippen molar-refractivity contribution in [2.45, 2.75) is 44.6 Å². The number of carbonyl (C=O) groups excluding carboxylic acids is 1. The van der Waals surface area contributed by atoms with Crippen LogP contribution in [0.3, 0.4) is 0 Å². The van der Waals surface area contributed by atoms with E-state index < -0.39 is 0 Å². The van der Waals surface area contributed by atoms with Gasteiger partial charge >= 0.3 is 0 Å². The number of hydrogen-bond acceptors (Lipinski definition) is 3. The average molecular weight is 424 g/mol. The van der Waals surface area contributed by atoms with Gasteiger partial charge in [-0.15, -0.1) is 11.8 Å². The van der Waals surface area contributed by atoms with Gasteiger partial charge in [-0.1, -0.05) is 47.0 Å². The standard InChI is InChI=1S/C21H23Cl2NO2S/c1-13-7-8-19-14(9-13)18(10-21(2,3)26-19)24-20(25)12-27-11-15-16(22)5-4-6-17(15)23/h4-9,18H,10-12H2,1-3H3,(H,24,25)/t18-/m0/s1. The topological polar surface area (TPSA) is 38.3 Å². The van der Waals surface area contributed by atoms with Gasteiger partial charge in [-0.2, -0.15) is 0 Å². The zero-order chi connectivity index (χ0) is 19.6. The largest absolute Gasteiger partial charge is 0.487 e. The molecule has 1 amide bonds. The predicted octanol–water partition coefficient (Wildman–Crippen LogP) is 5.95. The molecule has 0 unspecified atom stereocenters. The molecule has 0 fully saturated rings. The molecule has 1 aliphatic heterocycles. The Balaban J connectivity index is 1.63. The van der Waals surface area contributed by atoms with Crippen molar-refractivity contribution >= 4 is 40.9 Å². The molecule has 0 saturated carbocycles. The molecule has 0 aliphatic carbocycles. The Morgan fingerprint density at radius 1 is 1.26 bits per heavy atom. The maximum Gasteiger partial charge on any atom is 0.230 e. The number of halogens is 2. The fourth-order valence-electron chi connectivity index (χ4n) is 3.25. The number of amides is 1. The molecule has 0 bridgehead atoms. The summed E-state index contributed by atoms with van der Waals surface area (Å²) in [6.45, 7) is 6.13. The lowest BCUT2D eigenvalue weighted by molar-refractivity contribution is -0.119. The van der Waals surface area contributed by atoms with Crippen LogP contribution >= 0.6 is 35.0 Å². The van der Waals surface area contributed by atoms with E-state index in [0.29, 0.717) is 21.6 Å². The number of fused-ring (bicyclic) bond motifs is 1. The van der Waals surface area contributed by atoms with E-state index in [1.807, 2.05) is 51.1 Å². The molecule has 2 aromatic rings. The van der Waals surface area contributed by atoms with E-state index in [2.05, 4.69) is 11.4 Å². The Labute approximate surface area is 174 Å². The van der Waals surface area contributed by atoms with Crippen molar-refractivity contribution in [1.82, 2.24) is 5.32 Å². The highest BCUT2D eigenvalue weighted by molar-refractivity contribution is 7.99. The third-order valence-corrected chi connectivity index (χ3v) is 6.17. The lowest BCUT2D eigenvalue weighted by Crippen LogP contribution is -2.41. The van der Waals surface area contributed by atoms with E-state index in [0.717, 1.165) is 28.9 Å². The Morgan fingerprint density at radius 3 is 2.67 bits per heavy atom. The molecule has 0 aromatic heterocycles. The number of carbonyl (C=O) groups is 1. The van der Waals surface area contributed by atoms with Gasteiger partial charge in [0.15, 0.2) is 0 Å². The Morgan fingerprint density at radius 2 is 1.96 bits per heavy atom. The Bertz CT molecular complexity index is 834. The summed E-state index contributed by atoms with van der Waals surface area (Å²) < 4.78 is 6.07. The quantitative estimate of drug-likeness (QED) is 0.644. The maximum absolute atomic E-state index is 12.5. The zero-order valence-corrected chi connectivity index (χ0v) is 18.0. The second-order valence-electron chi connectivity index (χ2n) is 7.42. The first kappa shape index (κ1) is 20.4. The van der Waals surface area contributed by atoms with E-state index in [9.17, 15) is 4.79 Å². The first-order valence-electron chi connectivity index (χ1n) is 8.85. The minimum absolute atomic E-state index is 0.00154. The molecule has 0 saturated heterocycles. The van der Waals surface area contributed by atoms with Gasteiger partial charge in [-0.05, 0) is 44.5 Å². The summed E-state index contributed by atoms with van der Waals surface area (Å²) in [6.07, 6.45) is 0.732. The highest BCUT2D eigenvalue weighted by Gasteiger charge is 2.34. The maximum atomic E-state index is 12.5. The number of nitrogens with one attached hydrogen (secondary N) is 1. The third-order valence-electron chi connectivity index (χ3n) is 4.50. The first-order valence-corrected chi connectivity index (χ1v) is 10.8. The second-order valence-corrected chi connectivity index (χ2v) is 9.22. The monoisotopic (exact) mass is 423 g/mol. The Kier molecular flexibility index (Phi) is 6.29. The molecule has 1 atom stereocenters. The van der Waals surface area contributed by atoms with Crippen molar-refractivity contribution < 1.29 is 9.53 Å². The fraction of sp³-hybridized carbons (Fsp3) is 0.381. The number of hydrogen-bond donors (Lipinski definition) is 1. The van der Waals surface area contributed by atoms with Gasteiger partial charge < -0.3 is 10.1 Å². The van der Waals surface area contributed by atoms with E-state index in [-0.39, 0.29) is 17.6 Å². The lowest BCUT2D eigenvalue weighted by atomic mass is 9.89. The normalized spacial score (nSPS) is 17.7. The summed E-state index contributed by atoms with van der Waals surface area (Å²) >= 11 is 13.9. The van der Waals surface area contributed by atoms with E-state index >= 15 is 0 Å². The number of aryl methyl sites for hydroxylation is 1. The zero-order valence-electron chi connectivity index (χ0n) is 15.6. The van der Waals surface area contributed by atoms with Crippen LogP contribution in [0.25, 0.3) is 0 Å². The summed E-state index contributed by atoms with van der Waals surface area (Å²) in [7, 11) is 0. The minimum Gasteiger partial charge on any atom is -0.487 e. The summed E-state index contributed by atoms with van der Waals surface area (Å²) in [5.74, 6) is 1.79. The molecule has 1 aliphatic rings. The summed E-state index contributed by atoms with van der Waals surface area (Å²) in [6, 6.07) is 11.5. The van der Waals surface area contributed by atoms with Crippen LogP contribution in [0, 0.1) is 6.92 Å². The van der Waals surface area contributed by atoms with Crippen molar-refractivity contribution in [3.8, 4) is 5.75 Å². The fourth-order valence-corrected chi connectivity index (χ4v) is 4.83. The summed E-state index contributed by atoms with van der Waals surface area (Å²) in [4.78, 5) is 12.5. The van der Waals surface area contributed by atoms with Gasteiger partial charge in [0.1, 0.15) is 11.4 Å². The first-order chi connectivity index (χ1) is 12.7. The molecular formula is C21H23Cl2NO2S. The molecule has 1 N–H and O–H groups in total. The molecule has 0 radical (unpaired) electrons. The van der Waals surface area contributed by atoms with E-state index in [1.54, 1.807) is 0 Å². The van der Waals surface area contributed by atoms with E-state index in [1.165, 1.54) is 11.8 Å². The van der Waals surface area contributed by atoms with E-state index in [4.69, 9.17) is 27.9 Å². The molecular weight excluding hydrogens is 401 g/mol. The molecule has 3 rings (SSSR count). The predicted molar refractivity (Wildman–Crippen MR) is 114 cm³/mol. The van der Waals surface area contributed by atoms with Crippen molar-refractivity contribution in [3.05, 3.63) is 63.1 Å². The van der Waals surface area contributed by atoms with Crippen molar-refractivity contribution in [3.63, 3.8) is 0 Å². The lowest BCUT2D eigenvalue weighted by Gasteiger charge is -2.38. The van der Waals surface area contributed by atoms with Gasteiger partial charge in [-0.25, -0.2) is 0 Å². The van der Waals surface area contributed by atoms with Gasteiger partial charge in [-0.3, -0.25) is 4.79 Å². The van der Waals surface area contributed by atoms with Crippen LogP contribution in [-0.2, 0) is 10.5 Å². The number of ether oxygens (including phenoxy) is 1. The molecule has 27 heavy (non-hydrogen) atoms. The van der Waals surface area contributed by atoms with Crippen LogP contribution in [-0.4, -0.2) is 17.3 Å². The van der Waals surface area contributed by atoms with Crippen LogP contribution in [0.2, 0.25) is 10.0 Å². The van der Waals surface area contributed by atoms with Crippen LogP contribution in [0.15, 0.2) is 36.4 Å². The van der Waals surface area contributed by atoms with Crippen LogP contribution in [0.4, 0.5) is 0 Å². The van der Waals surface area contributed by atoms with Crippen LogP contribution < -0.4 is 10.1 Å². The number of benzene rings is 2. The van der Waals surface area contributed by atoms with Gasteiger partial charge in [0.2, 0.25) is 5.91 Å². The highest BCUT2D eigenvalue weighted by Crippen LogP contribution is 2.40. The van der Waals surface area contributed by atoms with Gasteiger partial charge in [0.05, 0.1) is 11.8 Å². The summed E-state index contributed by atoms with van der Waals surface area (Å²) in [5, 5.41) is 4.43. The molecule has 1 heterocycles. The number of rotatable bonds is 5. The average Bonchev–Trinajstić information content (AvgIpc) is 2.57. The SMILES string of the molecule is Cc1ccc2c(c1)[C@@H](NC(=O)CSCc1c(Cl)cccc1Cl)CC(C)(C)O2. The molecule has 144 valence electrons. The molecule has 2 aromatic carbocycles. The minimum atomic E-state index is -0.321. The third kappa shape index (κ3) is 5.13. The number of thioether (sulfide) groups is 1. The van der Waals surface area contributed by atoms with Crippen molar-refractivity contribution in [2.24, 2.45) is 0 Å². The summed E-state index contributed by atoms with van der Waals surface area (Å²) in [5.41, 5.74) is 2.74. The van der Waals surface area contributed by atoms with Gasteiger partial charge in [0.25, 0.3) is 0 Å². The molecule has 0 spiro atoms.